The van der Waals surface area contributed by atoms with Crippen LogP contribution in [0.15, 0.2) is 0 Å². The van der Waals surface area contributed by atoms with Gasteiger partial charge in [0, 0.05) is 21.1 Å². The summed E-state index contributed by atoms with van der Waals surface area (Å²) >= 11 is 0. The molecule has 0 amide bonds. The molecule has 0 heterocycles. The van der Waals surface area contributed by atoms with Gasteiger partial charge in [0.05, 0.1) is 0 Å². The van der Waals surface area contributed by atoms with E-state index in [-0.39, 0.29) is 28.5 Å². The summed E-state index contributed by atoms with van der Waals surface area (Å²) in [5.41, 5.74) is 0. The van der Waals surface area contributed by atoms with Gasteiger partial charge in [0.1, 0.15) is 0 Å². The van der Waals surface area contributed by atoms with E-state index in [9.17, 15) is 0 Å². The van der Waals surface area contributed by atoms with Gasteiger partial charge in [0.2, 0.25) is 0 Å². The van der Waals surface area contributed by atoms with Crippen LogP contribution in [0.25, 0.3) is 0 Å². The van der Waals surface area contributed by atoms with Crippen molar-refractivity contribution in [1.82, 2.24) is 0 Å². The molecule has 0 spiro atoms. The Morgan fingerprint density at radius 1 is 1.60 bits per heavy atom. The van der Waals surface area contributed by atoms with Crippen molar-refractivity contribution in [3.63, 3.8) is 0 Å². The Hall–Kier alpha value is 0.748. The van der Waals surface area contributed by atoms with Crippen molar-refractivity contribution in [3.05, 3.63) is 7.43 Å². The van der Waals surface area contributed by atoms with Crippen LogP contribution in [0.3, 0.4) is 0 Å². The summed E-state index contributed by atoms with van der Waals surface area (Å²) in [4.78, 5) is 7.04. The standard InChI is InChI=1S/CH3.HO2P.W/c;1-3-2;/h1H3;3H;/q-1;;/p+1. The fourth-order valence-electron chi connectivity index (χ4n) is 0. The molecule has 0 aromatic heterocycles. The zero-order chi connectivity index (χ0) is 2.71. The minimum Gasteiger partial charge on any atom is -0.358 e. The van der Waals surface area contributed by atoms with Gasteiger partial charge in [-0.15, -0.1) is 0 Å². The molecule has 2 nitrogen and oxygen atoms in total. The van der Waals surface area contributed by atoms with E-state index in [2.05, 4.69) is 0 Å². The van der Waals surface area contributed by atoms with Crippen molar-refractivity contribution in [2.45, 2.75) is 0 Å². The summed E-state index contributed by atoms with van der Waals surface area (Å²) in [6, 6.07) is 0. The fraction of sp³-hybridized carbons (Fsp3) is 0. The molecule has 0 fully saturated rings. The van der Waals surface area contributed by atoms with Gasteiger partial charge in [0.25, 0.3) is 0 Å². The van der Waals surface area contributed by atoms with E-state index in [1.54, 1.807) is 0 Å². The zero-order valence-electron chi connectivity index (χ0n) is 2.76. The van der Waals surface area contributed by atoms with Gasteiger partial charge in [-0.1, -0.05) is 0 Å². The topological polar surface area (TPSA) is 37.3 Å². The largest absolute Gasteiger partial charge is 0.491 e. The van der Waals surface area contributed by atoms with Crippen molar-refractivity contribution in [2.75, 3.05) is 0 Å². The smallest absolute Gasteiger partial charge is 0.358 e. The van der Waals surface area contributed by atoms with Gasteiger partial charge in [0.15, 0.2) is 0 Å². The molecule has 0 aliphatic heterocycles. The van der Waals surface area contributed by atoms with E-state index in [1.807, 2.05) is 0 Å². The Morgan fingerprint density at radius 3 is 1.60 bits per heavy atom. The minimum atomic E-state index is -1.17. The van der Waals surface area contributed by atoms with E-state index in [0.29, 0.717) is 0 Å². The van der Waals surface area contributed by atoms with Crippen LogP contribution in [0.5, 0.6) is 0 Å². The summed E-state index contributed by atoms with van der Waals surface area (Å²) in [7, 11) is -1.17. The van der Waals surface area contributed by atoms with Crippen LogP contribution in [0, 0.1) is 7.43 Å². The molecule has 0 rings (SSSR count). The molecule has 0 aromatic rings. The average Bonchev–Trinajstić information content (AvgIpc) is 0.918. The third-order valence-corrected chi connectivity index (χ3v) is 0. The number of rotatable bonds is 0. The van der Waals surface area contributed by atoms with Crippen molar-refractivity contribution in [2.24, 2.45) is 0 Å². The monoisotopic (exact) mass is 264 g/mol. The summed E-state index contributed by atoms with van der Waals surface area (Å²) in [5, 5.41) is 0. The van der Waals surface area contributed by atoms with Crippen LogP contribution in [0.2, 0.25) is 0 Å². The molecule has 1 N–H and O–H groups in total. The van der Waals surface area contributed by atoms with Crippen LogP contribution in [0.4, 0.5) is 0 Å². The van der Waals surface area contributed by atoms with Crippen LogP contribution in [-0.2, 0) is 25.6 Å². The Labute approximate surface area is 47.1 Å². The number of hydrogen-bond donors (Lipinski definition) is 1. The zero-order valence-corrected chi connectivity index (χ0v) is 6.70. The van der Waals surface area contributed by atoms with Gasteiger partial charge in [-0.05, 0) is 4.57 Å². The molecule has 4 heteroatoms. The molecule has 5 heavy (non-hydrogen) atoms. The van der Waals surface area contributed by atoms with Crippen molar-refractivity contribution >= 4 is 8.69 Å². The molecule has 0 aromatic carbocycles. The summed E-state index contributed by atoms with van der Waals surface area (Å²) in [6.07, 6.45) is 0. The van der Waals surface area contributed by atoms with Crippen LogP contribution in [0.1, 0.15) is 0 Å². The molecular weight excluding hydrogens is 259 g/mol. The van der Waals surface area contributed by atoms with Crippen molar-refractivity contribution < 1.29 is 30.5 Å². The SMILES string of the molecule is O=[PH+]O.[CH3-].[W]. The molecule has 1 unspecified atom stereocenters. The predicted octanol–water partition coefficient (Wildman–Crippen LogP) is 0.365. The maximum atomic E-state index is 8.51. The average molecular weight is 264 g/mol. The molecule has 0 radical (unpaired) electrons. The molecule has 0 saturated carbocycles. The third-order valence-electron chi connectivity index (χ3n) is 0. The Bertz CT molecular complexity index is 17.1. The number of hydrogen-bond acceptors (Lipinski definition) is 1. The molecule has 1 atom stereocenters. The predicted molar refractivity (Wildman–Crippen MR) is 17.6 cm³/mol. The van der Waals surface area contributed by atoms with Crippen LogP contribution >= 0.6 is 8.69 Å². The summed E-state index contributed by atoms with van der Waals surface area (Å²) in [5.74, 6) is 0. The van der Waals surface area contributed by atoms with E-state index in [4.69, 9.17) is 9.46 Å². The second-order valence-electron chi connectivity index (χ2n) is 0.0913. The second-order valence-corrected chi connectivity index (χ2v) is 0.274. The molecular formula is CH5O2PW. The first-order chi connectivity index (χ1) is 1.41. The maximum Gasteiger partial charge on any atom is 0.491 e. The molecule has 0 bridgehead atoms. The third kappa shape index (κ3) is 64.0. The van der Waals surface area contributed by atoms with E-state index in [0.717, 1.165) is 0 Å². The maximum absolute atomic E-state index is 8.51. The summed E-state index contributed by atoms with van der Waals surface area (Å²) in [6.45, 7) is 0. The molecule has 0 aliphatic carbocycles. The summed E-state index contributed by atoms with van der Waals surface area (Å²) < 4.78 is 8.51. The molecule has 0 aliphatic rings. The van der Waals surface area contributed by atoms with Crippen LogP contribution < -0.4 is 0 Å². The van der Waals surface area contributed by atoms with Gasteiger partial charge >= 0.3 is 8.69 Å². The molecule has 32 valence electrons. The first kappa shape index (κ1) is 17.2. The normalized spacial score (nSPS) is 4.20. The Morgan fingerprint density at radius 2 is 1.60 bits per heavy atom. The Balaban J connectivity index is -0.0000000200. The van der Waals surface area contributed by atoms with Crippen molar-refractivity contribution in [3.8, 4) is 0 Å². The minimum absolute atomic E-state index is 0. The first-order valence-electron chi connectivity index (χ1n) is 0.428. The first-order valence-corrected chi connectivity index (χ1v) is 1.28. The van der Waals surface area contributed by atoms with E-state index >= 15 is 0 Å². The Kier molecular flexibility index (Phi) is 74.9. The quantitative estimate of drug-likeness (QED) is 0.506. The van der Waals surface area contributed by atoms with Gasteiger partial charge < -0.3 is 7.43 Å². The van der Waals surface area contributed by atoms with Gasteiger partial charge in [-0.3, -0.25) is 0 Å². The fourth-order valence-corrected chi connectivity index (χ4v) is 0. The van der Waals surface area contributed by atoms with E-state index < -0.39 is 8.69 Å². The van der Waals surface area contributed by atoms with E-state index in [1.165, 1.54) is 0 Å². The van der Waals surface area contributed by atoms with Gasteiger partial charge in [-0.25, -0.2) is 0 Å². The second kappa shape index (κ2) is 21.8. The van der Waals surface area contributed by atoms with Crippen LogP contribution in [-0.4, -0.2) is 4.89 Å². The van der Waals surface area contributed by atoms with Crippen molar-refractivity contribution in [1.29, 1.82) is 0 Å². The van der Waals surface area contributed by atoms with Gasteiger partial charge in [-0.2, -0.15) is 4.89 Å². The molecule has 0 saturated heterocycles.